The Morgan fingerprint density at radius 3 is 2.44 bits per heavy atom. The van der Waals surface area contributed by atoms with Gasteiger partial charge in [-0.1, -0.05) is 48.2 Å². The van der Waals surface area contributed by atoms with Gasteiger partial charge >= 0.3 is 0 Å². The fourth-order valence-corrected chi connectivity index (χ4v) is 3.93. The summed E-state index contributed by atoms with van der Waals surface area (Å²) in [6.07, 6.45) is 3.57. The summed E-state index contributed by atoms with van der Waals surface area (Å²) in [5, 5.41) is 22.6. The van der Waals surface area contributed by atoms with E-state index in [2.05, 4.69) is 46.4 Å². The first-order valence-electron chi connectivity index (χ1n) is 10.8. The lowest BCUT2D eigenvalue weighted by Gasteiger charge is -2.14. The number of benzene rings is 2. The van der Waals surface area contributed by atoms with Crippen LogP contribution in [0.15, 0.2) is 60.9 Å². The van der Waals surface area contributed by atoms with Crippen molar-refractivity contribution in [2.24, 2.45) is 0 Å². The summed E-state index contributed by atoms with van der Waals surface area (Å²) in [7, 11) is 0. The fourth-order valence-electron chi connectivity index (χ4n) is 3.93. The van der Waals surface area contributed by atoms with Gasteiger partial charge in [0.25, 0.3) is 0 Å². The minimum atomic E-state index is -0.734. The van der Waals surface area contributed by atoms with E-state index in [1.807, 2.05) is 24.3 Å². The molecule has 32 heavy (non-hydrogen) atoms. The van der Waals surface area contributed by atoms with Crippen molar-refractivity contribution in [3.8, 4) is 23.0 Å². The van der Waals surface area contributed by atoms with Gasteiger partial charge in [-0.15, -0.1) is 0 Å². The molecule has 2 aromatic carbocycles. The van der Waals surface area contributed by atoms with E-state index < -0.39 is 12.1 Å². The van der Waals surface area contributed by atoms with Crippen LogP contribution in [0.1, 0.15) is 55.3 Å². The molecule has 1 aliphatic rings. The van der Waals surface area contributed by atoms with Gasteiger partial charge in [0.05, 0.1) is 6.61 Å². The zero-order valence-corrected chi connectivity index (χ0v) is 18.2. The predicted octanol–water partition coefficient (Wildman–Crippen LogP) is 3.18. The van der Waals surface area contributed by atoms with Crippen molar-refractivity contribution in [3.05, 3.63) is 77.9 Å². The second-order valence-electron chi connectivity index (χ2n) is 8.18. The number of carbonyl (C=O) groups is 1. The Morgan fingerprint density at radius 2 is 1.84 bits per heavy atom. The number of aliphatic hydroxyl groups excluding tert-OH is 2. The molecule has 164 valence electrons. The highest BCUT2D eigenvalue weighted by Crippen LogP contribution is 2.41. The normalized spacial score (nSPS) is 18.9. The Kier molecular flexibility index (Phi) is 6.40. The molecule has 3 N–H and O–H groups in total. The van der Waals surface area contributed by atoms with E-state index in [0.29, 0.717) is 11.7 Å². The van der Waals surface area contributed by atoms with Crippen LogP contribution < -0.4 is 5.32 Å². The summed E-state index contributed by atoms with van der Waals surface area (Å²) in [5.41, 5.74) is 4.32. The second kappa shape index (κ2) is 9.39. The van der Waals surface area contributed by atoms with Gasteiger partial charge in [-0.2, -0.15) is 0 Å². The number of hydrogen-bond acceptors (Lipinski definition) is 4. The summed E-state index contributed by atoms with van der Waals surface area (Å²) >= 11 is 0. The average molecular weight is 430 g/mol. The van der Waals surface area contributed by atoms with Gasteiger partial charge in [-0.3, -0.25) is 4.79 Å². The van der Waals surface area contributed by atoms with E-state index in [4.69, 9.17) is 0 Å². The van der Waals surface area contributed by atoms with Crippen molar-refractivity contribution in [3.63, 3.8) is 0 Å². The van der Waals surface area contributed by atoms with Crippen LogP contribution in [0, 0.1) is 11.8 Å². The number of nitrogens with zero attached hydrogens (tertiary/aromatic N) is 2. The molecule has 6 nitrogen and oxygen atoms in total. The van der Waals surface area contributed by atoms with E-state index in [1.54, 1.807) is 30.8 Å². The van der Waals surface area contributed by atoms with E-state index in [1.165, 1.54) is 5.56 Å². The first-order chi connectivity index (χ1) is 15.5. The third kappa shape index (κ3) is 4.91. The Labute approximate surface area is 187 Å². The molecule has 6 heteroatoms. The lowest BCUT2D eigenvalue weighted by molar-refractivity contribution is -0.119. The lowest BCUT2D eigenvalue weighted by atomic mass is 10.0. The van der Waals surface area contributed by atoms with Crippen molar-refractivity contribution in [2.75, 3.05) is 6.61 Å². The summed E-state index contributed by atoms with van der Waals surface area (Å²) in [6, 6.07) is 16.2. The van der Waals surface area contributed by atoms with Crippen molar-refractivity contribution in [2.45, 2.75) is 44.4 Å². The number of hydrogen-bond donors (Lipinski definition) is 3. The molecule has 4 rings (SSSR count). The van der Waals surface area contributed by atoms with Crippen LogP contribution in [0.3, 0.4) is 0 Å². The predicted molar refractivity (Wildman–Crippen MR) is 123 cm³/mol. The molecule has 1 fully saturated rings. The summed E-state index contributed by atoms with van der Waals surface area (Å²) in [4.78, 5) is 15.3. The van der Waals surface area contributed by atoms with Gasteiger partial charge in [-0.05, 0) is 42.2 Å². The molecule has 0 saturated heterocycles. The highest BCUT2D eigenvalue weighted by Gasteiger charge is 2.38. The van der Waals surface area contributed by atoms with Crippen molar-refractivity contribution in [1.29, 1.82) is 0 Å². The maximum atomic E-state index is 11.2. The van der Waals surface area contributed by atoms with Gasteiger partial charge in [0.15, 0.2) is 0 Å². The molecular weight excluding hydrogens is 402 g/mol. The lowest BCUT2D eigenvalue weighted by Crippen LogP contribution is -2.23. The third-order valence-corrected chi connectivity index (χ3v) is 5.70. The van der Waals surface area contributed by atoms with E-state index >= 15 is 0 Å². The molecule has 0 spiro atoms. The Balaban J connectivity index is 1.44. The molecule has 1 amide bonds. The number of nitrogens with one attached hydrogen (secondary N) is 1. The van der Waals surface area contributed by atoms with Crippen LogP contribution in [-0.2, 0) is 4.79 Å². The highest BCUT2D eigenvalue weighted by atomic mass is 16.3. The number of carbonyl (C=O) groups excluding carboxylic acids is 1. The molecule has 4 atom stereocenters. The average Bonchev–Trinajstić information content (AvgIpc) is 3.36. The summed E-state index contributed by atoms with van der Waals surface area (Å²) < 4.78 is 1.70. The molecule has 1 heterocycles. The number of amides is 1. The van der Waals surface area contributed by atoms with E-state index in [9.17, 15) is 15.0 Å². The molecule has 0 radical (unpaired) electrons. The molecule has 3 aromatic rings. The molecule has 0 aliphatic heterocycles. The quantitative estimate of drug-likeness (QED) is 0.525. The first-order valence-corrected chi connectivity index (χ1v) is 10.8. The van der Waals surface area contributed by atoms with Crippen LogP contribution in [0.2, 0.25) is 0 Å². The zero-order chi connectivity index (χ0) is 22.7. The van der Waals surface area contributed by atoms with Gasteiger partial charge in [0.1, 0.15) is 18.0 Å². The van der Waals surface area contributed by atoms with Crippen LogP contribution in [-0.4, -0.2) is 38.3 Å². The largest absolute Gasteiger partial charge is 0.393 e. The Bertz CT molecular complexity index is 1140. The SMILES string of the molecule is CC(=O)NC1C[C@@H]1c1ccc(-c2ccc(C#C[C@@H](CO)n3ccnc3[C@H](C)O)cc2)cc1. The van der Waals surface area contributed by atoms with Crippen LogP contribution >= 0.6 is 0 Å². The smallest absolute Gasteiger partial charge is 0.217 e. The standard InChI is InChI=1S/C26H27N3O3/c1-17(31)26-27-13-14-29(26)23(16-30)12-5-19-3-6-20(7-4-19)21-8-10-22(11-9-21)24-15-25(24)28-18(2)32/h3-4,6-11,13-14,17,23-25,30-31H,15-16H2,1-2H3,(H,28,32)/t17-,23-,24+,25?/m0/s1. The Hall–Kier alpha value is -3.40. The molecule has 1 unspecified atom stereocenters. The minimum Gasteiger partial charge on any atom is -0.393 e. The number of rotatable bonds is 6. The molecule has 1 aromatic heterocycles. The monoisotopic (exact) mass is 429 g/mol. The third-order valence-electron chi connectivity index (χ3n) is 5.70. The summed E-state index contributed by atoms with van der Waals surface area (Å²) in [6.45, 7) is 3.02. The number of aromatic nitrogens is 2. The second-order valence-corrected chi connectivity index (χ2v) is 8.18. The number of aliphatic hydroxyl groups is 2. The van der Waals surface area contributed by atoms with Crippen LogP contribution in [0.4, 0.5) is 0 Å². The highest BCUT2D eigenvalue weighted by molar-refractivity contribution is 5.74. The fraction of sp³-hybridized carbons (Fsp3) is 0.308. The molecular formula is C26H27N3O3. The van der Waals surface area contributed by atoms with Crippen molar-refractivity contribution in [1.82, 2.24) is 14.9 Å². The molecule has 0 bridgehead atoms. The maximum Gasteiger partial charge on any atom is 0.217 e. The van der Waals surface area contributed by atoms with Crippen molar-refractivity contribution >= 4 is 5.91 Å². The first kappa shape index (κ1) is 21.8. The Morgan fingerprint density at radius 1 is 1.19 bits per heavy atom. The minimum absolute atomic E-state index is 0.0241. The maximum absolute atomic E-state index is 11.2. The van der Waals surface area contributed by atoms with Gasteiger partial charge in [0, 0.05) is 36.8 Å². The molecule has 1 aliphatic carbocycles. The number of imidazole rings is 1. The van der Waals surface area contributed by atoms with Gasteiger partial charge in [-0.25, -0.2) is 4.98 Å². The van der Waals surface area contributed by atoms with Crippen LogP contribution in [0.5, 0.6) is 0 Å². The molecule has 1 saturated carbocycles. The van der Waals surface area contributed by atoms with Gasteiger partial charge < -0.3 is 20.1 Å². The van der Waals surface area contributed by atoms with Crippen molar-refractivity contribution < 1.29 is 15.0 Å². The zero-order valence-electron chi connectivity index (χ0n) is 18.2. The topological polar surface area (TPSA) is 87.4 Å². The van der Waals surface area contributed by atoms with Crippen LogP contribution in [0.25, 0.3) is 11.1 Å². The van der Waals surface area contributed by atoms with E-state index in [-0.39, 0.29) is 18.6 Å². The van der Waals surface area contributed by atoms with E-state index in [0.717, 1.165) is 23.1 Å². The van der Waals surface area contributed by atoms with Gasteiger partial charge in [0.2, 0.25) is 5.91 Å². The summed E-state index contributed by atoms with van der Waals surface area (Å²) in [5.74, 6) is 7.09.